The van der Waals surface area contributed by atoms with Crippen LogP contribution in [0.15, 0.2) is 6.07 Å². The van der Waals surface area contributed by atoms with Gasteiger partial charge in [-0.1, -0.05) is 0 Å². The lowest BCUT2D eigenvalue weighted by Crippen LogP contribution is -2.50. The average molecular weight is 305 g/mol. The van der Waals surface area contributed by atoms with E-state index >= 15 is 0 Å². The number of nitrogens with zero attached hydrogens (tertiary/aromatic N) is 4. The van der Waals surface area contributed by atoms with Gasteiger partial charge in [0.2, 0.25) is 11.8 Å². The minimum atomic E-state index is 0.0196. The second kappa shape index (κ2) is 5.98. The maximum absolute atomic E-state index is 12.5. The molecule has 0 radical (unpaired) electrons. The van der Waals surface area contributed by atoms with E-state index in [0.717, 1.165) is 38.0 Å². The summed E-state index contributed by atoms with van der Waals surface area (Å²) < 4.78 is 1.54. The zero-order chi connectivity index (χ0) is 15.7. The maximum atomic E-state index is 12.5. The van der Waals surface area contributed by atoms with Crippen molar-refractivity contribution in [1.82, 2.24) is 19.6 Å². The van der Waals surface area contributed by atoms with E-state index in [4.69, 9.17) is 5.73 Å². The molecule has 0 aromatic carbocycles. The van der Waals surface area contributed by atoms with Crippen molar-refractivity contribution < 1.29 is 9.59 Å². The molecule has 0 spiro atoms. The molecule has 1 atom stereocenters. The van der Waals surface area contributed by atoms with Gasteiger partial charge in [-0.2, -0.15) is 5.10 Å². The Labute approximate surface area is 130 Å². The van der Waals surface area contributed by atoms with Gasteiger partial charge in [0.05, 0.1) is 5.69 Å². The number of carbonyl (C=O) groups excluding carboxylic acids is 2. The van der Waals surface area contributed by atoms with Crippen molar-refractivity contribution in [3.8, 4) is 0 Å². The molecule has 7 nitrogen and oxygen atoms in total. The Balaban J connectivity index is 1.62. The normalized spacial score (nSPS) is 22.4. The minimum Gasteiger partial charge on any atom is -0.384 e. The molecule has 2 saturated heterocycles. The summed E-state index contributed by atoms with van der Waals surface area (Å²) in [6.07, 6.45) is 3.51. The van der Waals surface area contributed by atoms with Crippen molar-refractivity contribution in [3.05, 3.63) is 11.8 Å². The molecule has 2 fully saturated rings. The number of nitrogens with two attached hydrogens (primary N) is 1. The Hall–Kier alpha value is -2.05. The van der Waals surface area contributed by atoms with Crippen LogP contribution in [0.2, 0.25) is 0 Å². The minimum absolute atomic E-state index is 0.0196. The van der Waals surface area contributed by atoms with Crippen molar-refractivity contribution in [2.24, 2.45) is 0 Å². The molecule has 2 aliphatic heterocycles. The van der Waals surface area contributed by atoms with Crippen LogP contribution in [0, 0.1) is 6.92 Å². The number of piperidine rings is 1. The van der Waals surface area contributed by atoms with Gasteiger partial charge in [-0.05, 0) is 26.2 Å². The zero-order valence-electron chi connectivity index (χ0n) is 13.0. The topological polar surface area (TPSA) is 84.5 Å². The summed E-state index contributed by atoms with van der Waals surface area (Å²) in [5, 5.41) is 4.23. The number of nitrogen functional groups attached to an aromatic ring is 1. The molecule has 1 unspecified atom stereocenters. The highest BCUT2D eigenvalue weighted by Gasteiger charge is 2.32. The van der Waals surface area contributed by atoms with E-state index in [2.05, 4.69) is 5.10 Å². The molecule has 0 saturated carbocycles. The van der Waals surface area contributed by atoms with Crippen LogP contribution in [0.3, 0.4) is 0 Å². The summed E-state index contributed by atoms with van der Waals surface area (Å²) in [5.41, 5.74) is 6.65. The average Bonchev–Trinajstić information content (AvgIpc) is 3.05. The van der Waals surface area contributed by atoms with Crippen LogP contribution in [0.25, 0.3) is 0 Å². The van der Waals surface area contributed by atoms with E-state index in [1.807, 2.05) is 16.7 Å². The fourth-order valence-electron chi connectivity index (χ4n) is 3.41. The van der Waals surface area contributed by atoms with Gasteiger partial charge in [-0.25, -0.2) is 4.68 Å². The number of likely N-dealkylation sites (tertiary alicyclic amines) is 2. The van der Waals surface area contributed by atoms with Gasteiger partial charge in [0.25, 0.3) is 0 Å². The quantitative estimate of drug-likeness (QED) is 0.875. The summed E-state index contributed by atoms with van der Waals surface area (Å²) in [6, 6.07) is 1.93. The molecule has 1 aromatic rings. The van der Waals surface area contributed by atoms with Crippen LogP contribution >= 0.6 is 0 Å². The third kappa shape index (κ3) is 2.93. The largest absolute Gasteiger partial charge is 0.384 e. The first-order chi connectivity index (χ1) is 10.5. The Morgan fingerprint density at radius 3 is 2.86 bits per heavy atom. The molecule has 3 heterocycles. The van der Waals surface area contributed by atoms with Gasteiger partial charge in [0.1, 0.15) is 12.4 Å². The second-order valence-electron chi connectivity index (χ2n) is 6.19. The van der Waals surface area contributed by atoms with Crippen molar-refractivity contribution in [1.29, 1.82) is 0 Å². The number of amides is 2. The smallest absolute Gasteiger partial charge is 0.244 e. The number of aromatic nitrogens is 2. The summed E-state index contributed by atoms with van der Waals surface area (Å²) >= 11 is 0. The van der Waals surface area contributed by atoms with Crippen LogP contribution in [0.4, 0.5) is 5.82 Å². The summed E-state index contributed by atoms with van der Waals surface area (Å²) in [7, 11) is 0. The van der Waals surface area contributed by atoms with E-state index in [-0.39, 0.29) is 24.4 Å². The third-order valence-corrected chi connectivity index (χ3v) is 4.52. The van der Waals surface area contributed by atoms with E-state index in [0.29, 0.717) is 18.8 Å². The van der Waals surface area contributed by atoms with Crippen LogP contribution in [0.5, 0.6) is 0 Å². The molecule has 120 valence electrons. The standard InChI is InChI=1S/C15H23N5O2/c1-11-8-13(16)20(17-11)10-15(22)18-6-2-4-12(9-18)19-7-3-5-14(19)21/h8,12H,2-7,9-10,16H2,1H3. The Kier molecular flexibility index (Phi) is 4.04. The lowest BCUT2D eigenvalue weighted by Gasteiger charge is -2.37. The summed E-state index contributed by atoms with van der Waals surface area (Å²) in [6.45, 7) is 4.23. The Morgan fingerprint density at radius 2 is 2.23 bits per heavy atom. The molecule has 2 amide bonds. The van der Waals surface area contributed by atoms with Gasteiger partial charge in [0.15, 0.2) is 0 Å². The van der Waals surface area contributed by atoms with E-state index in [9.17, 15) is 9.59 Å². The molecule has 0 bridgehead atoms. The molecular weight excluding hydrogens is 282 g/mol. The first-order valence-corrected chi connectivity index (χ1v) is 7.92. The Bertz CT molecular complexity index is 582. The van der Waals surface area contributed by atoms with Crippen molar-refractivity contribution >= 4 is 17.6 Å². The first-order valence-electron chi connectivity index (χ1n) is 7.92. The highest BCUT2D eigenvalue weighted by Crippen LogP contribution is 2.21. The number of hydrogen-bond donors (Lipinski definition) is 1. The highest BCUT2D eigenvalue weighted by molar-refractivity contribution is 5.79. The van der Waals surface area contributed by atoms with Gasteiger partial charge in [-0.15, -0.1) is 0 Å². The predicted molar refractivity (Wildman–Crippen MR) is 81.9 cm³/mol. The van der Waals surface area contributed by atoms with Gasteiger partial charge >= 0.3 is 0 Å². The second-order valence-corrected chi connectivity index (χ2v) is 6.19. The maximum Gasteiger partial charge on any atom is 0.244 e. The zero-order valence-corrected chi connectivity index (χ0v) is 13.0. The van der Waals surface area contributed by atoms with Crippen molar-refractivity contribution in [2.45, 2.75) is 45.2 Å². The van der Waals surface area contributed by atoms with E-state index in [1.54, 1.807) is 10.7 Å². The number of aryl methyl sites for hydroxylation is 1. The highest BCUT2D eigenvalue weighted by atomic mass is 16.2. The fraction of sp³-hybridized carbons (Fsp3) is 0.667. The molecule has 2 aliphatic rings. The predicted octanol–water partition coefficient (Wildman–Crippen LogP) is 0.387. The van der Waals surface area contributed by atoms with Crippen molar-refractivity contribution in [2.75, 3.05) is 25.4 Å². The van der Waals surface area contributed by atoms with Gasteiger partial charge in [-0.3, -0.25) is 9.59 Å². The monoisotopic (exact) mass is 305 g/mol. The molecule has 22 heavy (non-hydrogen) atoms. The van der Waals surface area contributed by atoms with Crippen LogP contribution < -0.4 is 5.73 Å². The molecule has 7 heteroatoms. The molecular formula is C15H23N5O2. The van der Waals surface area contributed by atoms with Crippen LogP contribution in [-0.2, 0) is 16.1 Å². The van der Waals surface area contributed by atoms with Gasteiger partial charge < -0.3 is 15.5 Å². The van der Waals surface area contributed by atoms with E-state index < -0.39 is 0 Å². The fourth-order valence-corrected chi connectivity index (χ4v) is 3.41. The van der Waals surface area contributed by atoms with Crippen LogP contribution in [-0.4, -0.2) is 57.1 Å². The van der Waals surface area contributed by atoms with Crippen molar-refractivity contribution in [3.63, 3.8) is 0 Å². The SMILES string of the molecule is Cc1cc(N)n(CC(=O)N2CCCC(N3CCCC3=O)C2)n1. The molecule has 3 rings (SSSR count). The molecule has 0 aliphatic carbocycles. The lowest BCUT2D eigenvalue weighted by molar-refractivity contribution is -0.138. The first kappa shape index (κ1) is 14.9. The van der Waals surface area contributed by atoms with E-state index in [1.165, 1.54) is 0 Å². The molecule has 1 aromatic heterocycles. The molecule has 2 N–H and O–H groups in total. The summed E-state index contributed by atoms with van der Waals surface area (Å²) in [5.74, 6) is 0.756. The van der Waals surface area contributed by atoms with Gasteiger partial charge in [0, 0.05) is 38.2 Å². The number of rotatable bonds is 3. The Morgan fingerprint density at radius 1 is 1.41 bits per heavy atom. The number of hydrogen-bond acceptors (Lipinski definition) is 4. The van der Waals surface area contributed by atoms with Crippen LogP contribution in [0.1, 0.15) is 31.4 Å². The summed E-state index contributed by atoms with van der Waals surface area (Å²) in [4.78, 5) is 28.2. The lowest BCUT2D eigenvalue weighted by atomic mass is 10.0. The number of carbonyl (C=O) groups is 2. The third-order valence-electron chi connectivity index (χ3n) is 4.52. The number of anilines is 1.